The molecule has 0 saturated heterocycles. The predicted molar refractivity (Wildman–Crippen MR) is 201 cm³/mol. The number of carbonyl (C=O) groups is 2. The maximum Gasteiger partial charge on any atom is 0.305 e. The van der Waals surface area contributed by atoms with Gasteiger partial charge in [-0.25, -0.2) is 9.13 Å². The van der Waals surface area contributed by atoms with Crippen LogP contribution < -0.4 is 9.47 Å². The van der Waals surface area contributed by atoms with Crippen molar-refractivity contribution in [3.05, 3.63) is 144 Å². The molecule has 0 unspecified atom stereocenters. The summed E-state index contributed by atoms with van der Waals surface area (Å²) in [6.07, 6.45) is 8.56. The summed E-state index contributed by atoms with van der Waals surface area (Å²) in [6.45, 7) is 6.10. The molecule has 1 aliphatic rings. The van der Waals surface area contributed by atoms with Gasteiger partial charge in [-0.3, -0.25) is 9.59 Å². The highest BCUT2D eigenvalue weighted by Crippen LogP contribution is 2.54. The molecule has 0 saturated carbocycles. The van der Waals surface area contributed by atoms with Crippen LogP contribution in [-0.2, 0) is 33.3 Å². The first-order valence-electron chi connectivity index (χ1n) is 16.9. The van der Waals surface area contributed by atoms with Crippen LogP contribution in [0.4, 0.5) is 5.69 Å². The Kier molecular flexibility index (Phi) is 8.81. The van der Waals surface area contributed by atoms with Gasteiger partial charge in [-0.05, 0) is 57.1 Å². The predicted octanol–water partition coefficient (Wildman–Crippen LogP) is 8.20. The molecule has 0 aliphatic carbocycles. The third-order valence-corrected chi connectivity index (χ3v) is 9.88. The molecule has 0 amide bonds. The molecule has 0 atom stereocenters. The van der Waals surface area contributed by atoms with E-state index in [2.05, 4.69) is 125 Å². The highest BCUT2D eigenvalue weighted by Gasteiger charge is 2.42. The van der Waals surface area contributed by atoms with Gasteiger partial charge in [0.25, 0.3) is 12.3 Å². The van der Waals surface area contributed by atoms with Crippen LogP contribution in [0.15, 0.2) is 127 Å². The van der Waals surface area contributed by atoms with Crippen LogP contribution in [0.25, 0.3) is 44.2 Å². The minimum absolute atomic E-state index is 0.0119. The average Bonchev–Trinajstić information content (AvgIpc) is 3.53. The molecule has 50 heavy (non-hydrogen) atoms. The van der Waals surface area contributed by atoms with Crippen LogP contribution in [0.3, 0.4) is 0 Å². The Bertz CT molecular complexity index is 2350. The Hall–Kier alpha value is -5.95. The summed E-state index contributed by atoms with van der Waals surface area (Å²) in [5.74, 6) is 0.135. The molecule has 0 spiro atoms. The van der Waals surface area contributed by atoms with Crippen molar-refractivity contribution in [3.8, 4) is 0 Å². The molecule has 2 heterocycles. The van der Waals surface area contributed by atoms with Crippen molar-refractivity contribution in [2.45, 2.75) is 32.2 Å². The first kappa shape index (κ1) is 32.6. The molecule has 1 aromatic heterocycles. The van der Waals surface area contributed by atoms with Crippen LogP contribution in [-0.4, -0.2) is 35.3 Å². The zero-order valence-corrected chi connectivity index (χ0v) is 28.5. The van der Waals surface area contributed by atoms with E-state index in [4.69, 9.17) is 4.74 Å². The smallest absolute Gasteiger partial charge is 0.305 e. The summed E-state index contributed by atoms with van der Waals surface area (Å²) in [4.78, 5) is 25.2. The molecular formula is C43H40N3O4+. The normalized spacial score (nSPS) is 15.1. The van der Waals surface area contributed by atoms with Crippen LogP contribution in [0.1, 0.15) is 37.2 Å². The molecule has 0 bridgehead atoms. The third-order valence-electron chi connectivity index (χ3n) is 9.88. The van der Waals surface area contributed by atoms with Crippen molar-refractivity contribution < 1.29 is 24.0 Å². The number of para-hydroxylation sites is 2. The minimum atomic E-state index is -0.828. The van der Waals surface area contributed by atoms with Gasteiger partial charge in [0.1, 0.15) is 13.2 Å². The molecule has 0 radical (unpaired) electrons. The Morgan fingerprint density at radius 2 is 1.48 bits per heavy atom. The van der Waals surface area contributed by atoms with Gasteiger partial charge in [0.05, 0.1) is 19.2 Å². The number of benzene rings is 5. The second kappa shape index (κ2) is 13.5. The molecule has 1 aliphatic heterocycles. The van der Waals surface area contributed by atoms with Gasteiger partial charge >= 0.3 is 5.97 Å². The largest absolute Gasteiger partial charge is 0.481 e. The number of hydrogen-bond acceptors (Lipinski definition) is 4. The number of hydrogen-bond donors (Lipinski definition) is 1. The van der Waals surface area contributed by atoms with E-state index in [1.54, 1.807) is 0 Å². The van der Waals surface area contributed by atoms with E-state index < -0.39 is 11.4 Å². The molecule has 0 fully saturated rings. The van der Waals surface area contributed by atoms with Gasteiger partial charge in [0, 0.05) is 29.1 Å². The summed E-state index contributed by atoms with van der Waals surface area (Å²) in [6, 6.07) is 35.4. The van der Waals surface area contributed by atoms with Gasteiger partial charge in [0.15, 0.2) is 11.0 Å². The zero-order valence-electron chi connectivity index (χ0n) is 28.5. The number of aryl methyl sites for hydroxylation is 1. The summed E-state index contributed by atoms with van der Waals surface area (Å²) in [5.41, 5.74) is 7.09. The lowest BCUT2D eigenvalue weighted by Crippen LogP contribution is -2.31. The topological polar surface area (TPSA) is 75.7 Å². The van der Waals surface area contributed by atoms with E-state index in [9.17, 15) is 14.7 Å². The molecular weight excluding hydrogens is 622 g/mol. The summed E-state index contributed by atoms with van der Waals surface area (Å²) < 4.78 is 9.40. The van der Waals surface area contributed by atoms with E-state index in [1.807, 2.05) is 37.4 Å². The third kappa shape index (κ3) is 5.75. The number of allylic oxidation sites excluding steroid dienone is 5. The van der Waals surface area contributed by atoms with Crippen molar-refractivity contribution in [1.82, 2.24) is 4.57 Å². The Morgan fingerprint density at radius 3 is 2.20 bits per heavy atom. The Balaban J connectivity index is 1.41. The number of carboxylic acid groups (broad SMARTS) is 1. The fourth-order valence-electron chi connectivity index (χ4n) is 7.60. The molecule has 250 valence electrons. The number of anilines is 1. The number of ether oxygens (including phenoxy) is 1. The molecule has 7 nitrogen and oxygen atoms in total. The van der Waals surface area contributed by atoms with Gasteiger partial charge in [-0.2, -0.15) is 0 Å². The molecule has 1 N–H and O–H groups in total. The van der Waals surface area contributed by atoms with Gasteiger partial charge in [-0.15, -0.1) is 0 Å². The minimum Gasteiger partial charge on any atom is -0.481 e. The number of rotatable bonds is 11. The fourth-order valence-corrected chi connectivity index (χ4v) is 7.60. The maximum atomic E-state index is 12.0. The average molecular weight is 663 g/mol. The highest BCUT2D eigenvalue weighted by molar-refractivity contribution is 6.17. The molecule has 7 heteroatoms. The lowest BCUT2D eigenvalue weighted by molar-refractivity contribution is -0.647. The van der Waals surface area contributed by atoms with Gasteiger partial charge in [0.2, 0.25) is 0 Å². The van der Waals surface area contributed by atoms with Crippen molar-refractivity contribution >= 4 is 62.4 Å². The summed E-state index contributed by atoms with van der Waals surface area (Å²) in [5, 5.41) is 14.5. The monoisotopic (exact) mass is 662 g/mol. The van der Waals surface area contributed by atoms with E-state index in [1.165, 1.54) is 16.3 Å². The molecule has 7 rings (SSSR count). The number of carbonyl (C=O) groups excluding carboxylic acids is 1. The Labute approximate surface area is 291 Å². The van der Waals surface area contributed by atoms with Crippen molar-refractivity contribution in [2.24, 2.45) is 7.05 Å². The lowest BCUT2D eigenvalue weighted by atomic mass is 9.79. The van der Waals surface area contributed by atoms with E-state index in [0.29, 0.717) is 19.6 Å². The standard InChI is InChI=1S/C43H39N3O4/c1-43(2)38(46(26-25-40(48)49)42-35-18-10-8-16-33(35)32-15-7-9-17-34(32)41(42)43)23-21-31(30-13-5-4-6-14-30)22-24-39-44(3)36-19-11-12-20-37(36)45(39)27-28-50-29-47/h4-24,29H,25-28H2,1-3H3/p+1. The second-order valence-corrected chi connectivity index (χ2v) is 13.1. The molecule has 5 aromatic carbocycles. The van der Waals surface area contributed by atoms with E-state index in [-0.39, 0.29) is 13.0 Å². The first-order chi connectivity index (χ1) is 24.3. The molecule has 6 aromatic rings. The maximum absolute atomic E-state index is 12.0. The number of fused-ring (bicyclic) bond motifs is 7. The summed E-state index contributed by atoms with van der Waals surface area (Å²) >= 11 is 0. The van der Waals surface area contributed by atoms with Crippen LogP contribution in [0.2, 0.25) is 0 Å². The van der Waals surface area contributed by atoms with Crippen LogP contribution >= 0.6 is 0 Å². The lowest BCUT2D eigenvalue weighted by Gasteiger charge is -2.27. The van der Waals surface area contributed by atoms with Crippen molar-refractivity contribution in [1.29, 1.82) is 0 Å². The number of aromatic nitrogens is 2. The van der Waals surface area contributed by atoms with Crippen LogP contribution in [0, 0.1) is 0 Å². The Morgan fingerprint density at radius 1 is 0.840 bits per heavy atom. The second-order valence-electron chi connectivity index (χ2n) is 13.1. The van der Waals surface area contributed by atoms with Crippen molar-refractivity contribution in [3.63, 3.8) is 0 Å². The zero-order chi connectivity index (χ0) is 34.8. The van der Waals surface area contributed by atoms with Crippen LogP contribution in [0.5, 0.6) is 0 Å². The SMILES string of the molecule is C[n+]1c(/C=C/C(=C/C=C2\N(CCC(=O)O)c3c(c4ccccc4c4ccccc34)C2(C)C)c2ccccc2)n(CCOC=O)c2ccccc21. The quantitative estimate of drug-likeness (QED) is 0.0498. The first-order valence-corrected chi connectivity index (χ1v) is 16.9. The number of carboxylic acids is 1. The number of aliphatic carboxylic acids is 1. The number of nitrogens with zero attached hydrogens (tertiary/aromatic N) is 3. The van der Waals surface area contributed by atoms with E-state index >= 15 is 0 Å². The van der Waals surface area contributed by atoms with Gasteiger partial charge in [-0.1, -0.05) is 111 Å². The number of imidazole rings is 1. The fraction of sp³-hybridized carbons (Fsp3) is 0.186. The van der Waals surface area contributed by atoms with Crippen molar-refractivity contribution in [2.75, 3.05) is 18.1 Å². The summed E-state index contributed by atoms with van der Waals surface area (Å²) in [7, 11) is 2.04. The van der Waals surface area contributed by atoms with E-state index in [0.717, 1.165) is 50.2 Å². The highest BCUT2D eigenvalue weighted by atomic mass is 16.5. The van der Waals surface area contributed by atoms with Gasteiger partial charge < -0.3 is 14.7 Å².